The predicted octanol–water partition coefficient (Wildman–Crippen LogP) is 1.77. The lowest BCUT2D eigenvalue weighted by Gasteiger charge is -2.25. The summed E-state index contributed by atoms with van der Waals surface area (Å²) in [7, 11) is 0. The van der Waals surface area contributed by atoms with Gasteiger partial charge < -0.3 is 10.0 Å². The number of hydrogen-bond acceptors (Lipinski definition) is 5. The standard InChI is InChI=1S/C13H13N3O4/c1-8-10(13(17)18)4-5-15(8)12-6-9(7-14)2-3-11(12)16(19)20/h2-3,6,8,10H,4-5H2,1H3,(H,17,18). The Bertz CT molecular complexity index is 608. The molecule has 20 heavy (non-hydrogen) atoms. The Morgan fingerprint density at radius 2 is 2.30 bits per heavy atom. The van der Waals surface area contributed by atoms with Crippen LogP contribution in [0.3, 0.4) is 0 Å². The van der Waals surface area contributed by atoms with Gasteiger partial charge in [0.2, 0.25) is 0 Å². The molecule has 0 amide bonds. The SMILES string of the molecule is CC1C(C(=O)O)CCN1c1cc(C#N)ccc1[N+](=O)[O-]. The average molecular weight is 275 g/mol. The van der Waals surface area contributed by atoms with Crippen LogP contribution in [0.1, 0.15) is 18.9 Å². The van der Waals surface area contributed by atoms with Gasteiger partial charge >= 0.3 is 5.97 Å². The summed E-state index contributed by atoms with van der Waals surface area (Å²) in [6, 6.07) is 5.71. The van der Waals surface area contributed by atoms with Gasteiger partial charge in [-0.25, -0.2) is 0 Å². The number of nitrogens with zero attached hydrogens (tertiary/aromatic N) is 3. The van der Waals surface area contributed by atoms with E-state index in [1.165, 1.54) is 18.2 Å². The van der Waals surface area contributed by atoms with E-state index in [0.717, 1.165) is 0 Å². The highest BCUT2D eigenvalue weighted by atomic mass is 16.6. The van der Waals surface area contributed by atoms with Gasteiger partial charge in [-0.15, -0.1) is 0 Å². The lowest BCUT2D eigenvalue weighted by molar-refractivity contribution is -0.384. The number of aliphatic carboxylic acids is 1. The second kappa shape index (κ2) is 5.17. The number of carbonyl (C=O) groups is 1. The molecule has 2 atom stereocenters. The van der Waals surface area contributed by atoms with Crippen molar-refractivity contribution < 1.29 is 14.8 Å². The first-order chi connectivity index (χ1) is 9.45. The minimum atomic E-state index is -0.904. The van der Waals surface area contributed by atoms with Gasteiger partial charge in [-0.1, -0.05) is 0 Å². The van der Waals surface area contributed by atoms with Crippen molar-refractivity contribution in [3.05, 3.63) is 33.9 Å². The second-order valence-corrected chi connectivity index (χ2v) is 4.74. The molecule has 1 aliphatic heterocycles. The van der Waals surface area contributed by atoms with Gasteiger partial charge in [0.05, 0.1) is 22.5 Å². The van der Waals surface area contributed by atoms with Gasteiger partial charge in [-0.3, -0.25) is 14.9 Å². The van der Waals surface area contributed by atoms with E-state index in [1.54, 1.807) is 11.8 Å². The van der Waals surface area contributed by atoms with E-state index in [4.69, 9.17) is 10.4 Å². The molecule has 0 bridgehead atoms. The molecule has 104 valence electrons. The molecule has 1 fully saturated rings. The zero-order valence-electron chi connectivity index (χ0n) is 10.8. The van der Waals surface area contributed by atoms with E-state index in [1.807, 2.05) is 6.07 Å². The third-order valence-electron chi connectivity index (χ3n) is 3.68. The smallest absolute Gasteiger partial charge is 0.308 e. The molecule has 0 aromatic heterocycles. The monoisotopic (exact) mass is 275 g/mol. The summed E-state index contributed by atoms with van der Waals surface area (Å²) in [5, 5.41) is 29.1. The molecule has 0 saturated carbocycles. The van der Waals surface area contributed by atoms with Crippen LogP contribution in [0.25, 0.3) is 0 Å². The number of benzene rings is 1. The molecule has 1 aromatic carbocycles. The van der Waals surface area contributed by atoms with E-state index in [9.17, 15) is 14.9 Å². The fourth-order valence-electron chi connectivity index (χ4n) is 2.59. The first-order valence-corrected chi connectivity index (χ1v) is 6.13. The van der Waals surface area contributed by atoms with Crippen LogP contribution in [0, 0.1) is 27.4 Å². The Kier molecular flexibility index (Phi) is 3.57. The molecule has 0 radical (unpaired) electrons. The summed E-state index contributed by atoms with van der Waals surface area (Å²) in [4.78, 5) is 23.4. The first kappa shape index (κ1) is 13.8. The van der Waals surface area contributed by atoms with Gasteiger partial charge in [-0.2, -0.15) is 5.26 Å². The van der Waals surface area contributed by atoms with E-state index in [-0.39, 0.29) is 11.7 Å². The Balaban J connectivity index is 2.44. The van der Waals surface area contributed by atoms with Crippen molar-refractivity contribution in [3.63, 3.8) is 0 Å². The van der Waals surface area contributed by atoms with Crippen molar-refractivity contribution >= 4 is 17.3 Å². The largest absolute Gasteiger partial charge is 0.481 e. The van der Waals surface area contributed by atoms with Crippen LogP contribution >= 0.6 is 0 Å². The summed E-state index contributed by atoms with van der Waals surface area (Å²) in [6.45, 7) is 2.16. The quantitative estimate of drug-likeness (QED) is 0.665. The number of nitro groups is 1. The second-order valence-electron chi connectivity index (χ2n) is 4.74. The zero-order valence-corrected chi connectivity index (χ0v) is 10.8. The van der Waals surface area contributed by atoms with Crippen molar-refractivity contribution in [1.29, 1.82) is 5.26 Å². The number of nitro benzene ring substituents is 1. The summed E-state index contributed by atoms with van der Waals surface area (Å²) < 4.78 is 0. The molecule has 2 unspecified atom stereocenters. The third kappa shape index (κ3) is 2.28. The molecular formula is C13H13N3O4. The molecule has 2 rings (SSSR count). The van der Waals surface area contributed by atoms with Crippen LogP contribution in [-0.2, 0) is 4.79 Å². The van der Waals surface area contributed by atoms with Gasteiger partial charge in [0, 0.05) is 18.7 Å². The number of anilines is 1. The van der Waals surface area contributed by atoms with E-state index < -0.39 is 16.8 Å². The lowest BCUT2D eigenvalue weighted by Crippen LogP contribution is -2.33. The van der Waals surface area contributed by atoms with Crippen LogP contribution in [0.5, 0.6) is 0 Å². The molecule has 0 aliphatic carbocycles. The van der Waals surface area contributed by atoms with Gasteiger partial charge in [0.25, 0.3) is 5.69 Å². The van der Waals surface area contributed by atoms with Gasteiger partial charge in [0.15, 0.2) is 0 Å². The Labute approximate surface area is 115 Å². The molecule has 1 heterocycles. The lowest BCUT2D eigenvalue weighted by atomic mass is 10.0. The van der Waals surface area contributed by atoms with Crippen LogP contribution < -0.4 is 4.90 Å². The normalized spacial score (nSPS) is 21.5. The highest BCUT2D eigenvalue weighted by molar-refractivity contribution is 5.75. The summed E-state index contributed by atoms with van der Waals surface area (Å²) in [5.41, 5.74) is 0.517. The number of hydrogen-bond donors (Lipinski definition) is 1. The summed E-state index contributed by atoms with van der Waals surface area (Å²) in [6.07, 6.45) is 0.435. The molecular weight excluding hydrogens is 262 g/mol. The fourth-order valence-corrected chi connectivity index (χ4v) is 2.59. The zero-order chi connectivity index (χ0) is 14.9. The van der Waals surface area contributed by atoms with Gasteiger partial charge in [-0.05, 0) is 25.5 Å². The molecule has 1 aliphatic rings. The minimum Gasteiger partial charge on any atom is -0.481 e. The van der Waals surface area contributed by atoms with E-state index >= 15 is 0 Å². The molecule has 7 heteroatoms. The topological polar surface area (TPSA) is 107 Å². The maximum absolute atomic E-state index is 11.1. The average Bonchev–Trinajstić information content (AvgIpc) is 2.79. The molecule has 7 nitrogen and oxygen atoms in total. The van der Waals surface area contributed by atoms with Crippen LogP contribution in [0.4, 0.5) is 11.4 Å². The van der Waals surface area contributed by atoms with Crippen LogP contribution in [0.15, 0.2) is 18.2 Å². The molecule has 1 N–H and O–H groups in total. The minimum absolute atomic E-state index is 0.109. The fraction of sp³-hybridized carbons (Fsp3) is 0.385. The number of carboxylic acids is 1. The van der Waals surface area contributed by atoms with Crippen molar-refractivity contribution in [3.8, 4) is 6.07 Å². The van der Waals surface area contributed by atoms with Crippen molar-refractivity contribution in [2.24, 2.45) is 5.92 Å². The third-order valence-corrected chi connectivity index (χ3v) is 3.68. The predicted molar refractivity (Wildman–Crippen MR) is 70.4 cm³/mol. The highest BCUT2D eigenvalue weighted by Gasteiger charge is 2.38. The Hall–Kier alpha value is -2.62. The molecule has 0 spiro atoms. The van der Waals surface area contributed by atoms with E-state index in [0.29, 0.717) is 24.2 Å². The van der Waals surface area contributed by atoms with Crippen molar-refractivity contribution in [1.82, 2.24) is 0 Å². The number of carboxylic acid groups (broad SMARTS) is 1. The number of nitriles is 1. The van der Waals surface area contributed by atoms with Crippen LogP contribution in [0.2, 0.25) is 0 Å². The summed E-state index contributed by atoms with van der Waals surface area (Å²) >= 11 is 0. The molecule has 1 aromatic rings. The van der Waals surface area contributed by atoms with Gasteiger partial charge in [0.1, 0.15) is 5.69 Å². The maximum atomic E-state index is 11.1. The number of rotatable bonds is 3. The van der Waals surface area contributed by atoms with Crippen molar-refractivity contribution in [2.45, 2.75) is 19.4 Å². The van der Waals surface area contributed by atoms with Crippen LogP contribution in [-0.4, -0.2) is 28.6 Å². The van der Waals surface area contributed by atoms with E-state index in [2.05, 4.69) is 0 Å². The first-order valence-electron chi connectivity index (χ1n) is 6.13. The highest BCUT2D eigenvalue weighted by Crippen LogP contribution is 2.36. The maximum Gasteiger partial charge on any atom is 0.308 e. The Morgan fingerprint density at radius 1 is 1.60 bits per heavy atom. The summed E-state index contributed by atoms with van der Waals surface area (Å²) in [5.74, 6) is -1.46. The van der Waals surface area contributed by atoms with Crippen molar-refractivity contribution in [2.75, 3.05) is 11.4 Å². The molecule has 1 saturated heterocycles. The Morgan fingerprint density at radius 3 is 2.80 bits per heavy atom.